The van der Waals surface area contributed by atoms with E-state index in [4.69, 9.17) is 9.47 Å². The van der Waals surface area contributed by atoms with Gasteiger partial charge in [-0.1, -0.05) is 13.0 Å². The number of esters is 1. The van der Waals surface area contributed by atoms with Crippen LogP contribution in [0.4, 0.5) is 0 Å². The molecule has 1 aliphatic rings. The van der Waals surface area contributed by atoms with E-state index in [2.05, 4.69) is 27.4 Å². The van der Waals surface area contributed by atoms with Crippen molar-refractivity contribution in [3.63, 3.8) is 0 Å². The highest BCUT2D eigenvalue weighted by Crippen LogP contribution is 2.20. The largest absolute Gasteiger partial charge is 0.496 e. The number of piperidine rings is 1. The highest BCUT2D eigenvalue weighted by atomic mass is 127. The van der Waals surface area contributed by atoms with E-state index in [1.165, 1.54) is 40.2 Å². The third kappa shape index (κ3) is 8.38. The minimum Gasteiger partial charge on any atom is -0.496 e. The summed E-state index contributed by atoms with van der Waals surface area (Å²) < 4.78 is 10.1. The molecule has 1 saturated heterocycles. The van der Waals surface area contributed by atoms with Gasteiger partial charge in [0, 0.05) is 20.1 Å². The van der Waals surface area contributed by atoms with Gasteiger partial charge in [0.05, 0.1) is 14.2 Å². The Morgan fingerprint density at radius 3 is 2.59 bits per heavy atom. The van der Waals surface area contributed by atoms with Gasteiger partial charge >= 0.3 is 5.97 Å². The van der Waals surface area contributed by atoms with Crippen molar-refractivity contribution < 1.29 is 14.3 Å². The molecule has 164 valence electrons. The normalized spacial score (nSPS) is 15.4. The molecular formula is C21H35IN4O3. The molecule has 0 radical (unpaired) electrons. The van der Waals surface area contributed by atoms with Gasteiger partial charge < -0.3 is 25.0 Å². The van der Waals surface area contributed by atoms with Crippen LogP contribution in [-0.2, 0) is 11.3 Å². The Kier molecular flexibility index (Phi) is 12.0. The van der Waals surface area contributed by atoms with Crippen LogP contribution in [0.1, 0.15) is 42.1 Å². The molecule has 0 aliphatic carbocycles. The van der Waals surface area contributed by atoms with E-state index in [1.54, 1.807) is 19.2 Å². The fourth-order valence-corrected chi connectivity index (χ4v) is 3.34. The SMILES string of the molecule is CN=C(NCCCN1CCC(C)CC1)NCc1ccc(OC)c(C(=O)OC)c1.I. The Bertz CT molecular complexity index is 661. The zero-order valence-corrected chi connectivity index (χ0v) is 20.3. The van der Waals surface area contributed by atoms with Gasteiger partial charge in [-0.2, -0.15) is 0 Å². The fourth-order valence-electron chi connectivity index (χ4n) is 3.34. The monoisotopic (exact) mass is 518 g/mol. The predicted molar refractivity (Wildman–Crippen MR) is 127 cm³/mol. The summed E-state index contributed by atoms with van der Waals surface area (Å²) in [7, 11) is 4.66. The van der Waals surface area contributed by atoms with Crippen molar-refractivity contribution >= 4 is 35.9 Å². The number of halogens is 1. The van der Waals surface area contributed by atoms with Crippen LogP contribution in [0.5, 0.6) is 5.75 Å². The summed E-state index contributed by atoms with van der Waals surface area (Å²) in [4.78, 5) is 18.7. The van der Waals surface area contributed by atoms with Gasteiger partial charge in [-0.05, 0) is 62.5 Å². The van der Waals surface area contributed by atoms with Crippen molar-refractivity contribution in [3.8, 4) is 5.75 Å². The number of likely N-dealkylation sites (tertiary alicyclic amines) is 1. The zero-order chi connectivity index (χ0) is 20.4. The van der Waals surface area contributed by atoms with Gasteiger partial charge in [0.1, 0.15) is 11.3 Å². The molecule has 0 spiro atoms. The van der Waals surface area contributed by atoms with Gasteiger partial charge in [-0.3, -0.25) is 4.99 Å². The lowest BCUT2D eigenvalue weighted by molar-refractivity contribution is 0.0597. The predicted octanol–water partition coefficient (Wildman–Crippen LogP) is 2.89. The molecule has 1 aliphatic heterocycles. The minimum absolute atomic E-state index is 0. The van der Waals surface area contributed by atoms with Gasteiger partial charge in [-0.25, -0.2) is 4.79 Å². The third-order valence-corrected chi connectivity index (χ3v) is 5.17. The molecule has 0 unspecified atom stereocenters. The number of nitrogens with one attached hydrogen (secondary N) is 2. The van der Waals surface area contributed by atoms with Crippen LogP contribution in [-0.4, -0.2) is 64.3 Å². The topological polar surface area (TPSA) is 75.2 Å². The van der Waals surface area contributed by atoms with Crippen LogP contribution >= 0.6 is 24.0 Å². The number of aliphatic imine (C=N–C) groups is 1. The number of rotatable bonds is 8. The lowest BCUT2D eigenvalue weighted by Gasteiger charge is -2.30. The molecule has 2 rings (SSSR count). The van der Waals surface area contributed by atoms with E-state index < -0.39 is 5.97 Å². The summed E-state index contributed by atoms with van der Waals surface area (Å²) in [5.74, 6) is 1.72. The molecule has 1 aromatic rings. The highest BCUT2D eigenvalue weighted by Gasteiger charge is 2.15. The fraction of sp³-hybridized carbons (Fsp3) is 0.619. The lowest BCUT2D eigenvalue weighted by Crippen LogP contribution is -2.39. The number of hydrogen-bond acceptors (Lipinski definition) is 5. The number of nitrogens with zero attached hydrogens (tertiary/aromatic N) is 2. The maximum atomic E-state index is 11.9. The zero-order valence-electron chi connectivity index (χ0n) is 18.0. The van der Waals surface area contributed by atoms with Crippen LogP contribution < -0.4 is 15.4 Å². The minimum atomic E-state index is -0.409. The van der Waals surface area contributed by atoms with Crippen molar-refractivity contribution in [2.24, 2.45) is 10.9 Å². The summed E-state index contributed by atoms with van der Waals surface area (Å²) >= 11 is 0. The average molecular weight is 518 g/mol. The Hall–Kier alpha value is -1.55. The summed E-state index contributed by atoms with van der Waals surface area (Å²) in [6.45, 7) is 7.32. The molecule has 0 bridgehead atoms. The first-order valence-electron chi connectivity index (χ1n) is 9.99. The first-order chi connectivity index (χ1) is 13.6. The Balaban J connectivity index is 0.00000420. The summed E-state index contributed by atoms with van der Waals surface area (Å²) in [5.41, 5.74) is 1.37. The average Bonchev–Trinajstić information content (AvgIpc) is 2.73. The van der Waals surface area contributed by atoms with Crippen molar-refractivity contribution in [2.75, 3.05) is 47.4 Å². The summed E-state index contributed by atoms with van der Waals surface area (Å²) in [6, 6.07) is 5.48. The molecule has 1 aromatic carbocycles. The Morgan fingerprint density at radius 2 is 1.97 bits per heavy atom. The number of guanidine groups is 1. The highest BCUT2D eigenvalue weighted by molar-refractivity contribution is 14.0. The molecule has 0 saturated carbocycles. The molecule has 0 atom stereocenters. The standard InChI is InChI=1S/C21H34N4O3.HI/c1-16-8-12-25(13-9-16)11-5-10-23-21(22-2)24-15-17-6-7-19(27-3)18(14-17)20(26)28-4;/h6-7,14,16H,5,8-13,15H2,1-4H3,(H2,22,23,24);1H. The Morgan fingerprint density at radius 1 is 1.24 bits per heavy atom. The van der Waals surface area contributed by atoms with E-state index in [9.17, 15) is 4.79 Å². The van der Waals surface area contributed by atoms with E-state index in [0.29, 0.717) is 17.9 Å². The molecule has 1 heterocycles. The molecule has 1 fully saturated rings. The molecule has 0 amide bonds. The maximum Gasteiger partial charge on any atom is 0.341 e. The van der Waals surface area contributed by atoms with E-state index in [-0.39, 0.29) is 24.0 Å². The van der Waals surface area contributed by atoms with E-state index in [0.717, 1.165) is 37.0 Å². The van der Waals surface area contributed by atoms with Crippen LogP contribution in [0.2, 0.25) is 0 Å². The molecule has 8 heteroatoms. The van der Waals surface area contributed by atoms with Crippen molar-refractivity contribution in [1.29, 1.82) is 0 Å². The third-order valence-electron chi connectivity index (χ3n) is 5.17. The number of methoxy groups -OCH3 is 2. The molecule has 7 nitrogen and oxygen atoms in total. The van der Waals surface area contributed by atoms with Gasteiger partial charge in [0.25, 0.3) is 0 Å². The second-order valence-corrected chi connectivity index (χ2v) is 7.26. The van der Waals surface area contributed by atoms with Crippen LogP contribution in [0.15, 0.2) is 23.2 Å². The van der Waals surface area contributed by atoms with Crippen LogP contribution in [0.25, 0.3) is 0 Å². The summed E-state index contributed by atoms with van der Waals surface area (Å²) in [5, 5.41) is 6.64. The van der Waals surface area contributed by atoms with Crippen molar-refractivity contribution in [3.05, 3.63) is 29.3 Å². The smallest absolute Gasteiger partial charge is 0.341 e. The van der Waals surface area contributed by atoms with Gasteiger partial charge in [0.2, 0.25) is 0 Å². The molecule has 0 aromatic heterocycles. The van der Waals surface area contributed by atoms with Gasteiger partial charge in [0.15, 0.2) is 5.96 Å². The molecule has 2 N–H and O–H groups in total. The van der Waals surface area contributed by atoms with E-state index >= 15 is 0 Å². The van der Waals surface area contributed by atoms with Crippen molar-refractivity contribution in [1.82, 2.24) is 15.5 Å². The second-order valence-electron chi connectivity index (χ2n) is 7.26. The van der Waals surface area contributed by atoms with E-state index in [1.807, 2.05) is 6.07 Å². The number of ether oxygens (including phenoxy) is 2. The second kappa shape index (κ2) is 13.6. The number of hydrogen-bond donors (Lipinski definition) is 2. The van der Waals surface area contributed by atoms with Crippen LogP contribution in [0, 0.1) is 5.92 Å². The molecular weight excluding hydrogens is 483 g/mol. The number of carbonyl (C=O) groups excluding carboxylic acids is 1. The van der Waals surface area contributed by atoms with Crippen LogP contribution in [0.3, 0.4) is 0 Å². The number of benzene rings is 1. The quantitative estimate of drug-likeness (QED) is 0.181. The van der Waals surface area contributed by atoms with Gasteiger partial charge in [-0.15, -0.1) is 24.0 Å². The Labute approximate surface area is 191 Å². The first kappa shape index (κ1) is 25.5. The summed E-state index contributed by atoms with van der Waals surface area (Å²) in [6.07, 6.45) is 3.71. The maximum absolute atomic E-state index is 11.9. The lowest BCUT2D eigenvalue weighted by atomic mass is 9.99. The molecule has 29 heavy (non-hydrogen) atoms. The first-order valence-corrected chi connectivity index (χ1v) is 9.99. The number of carbonyl (C=O) groups is 1. The van der Waals surface area contributed by atoms with Crippen molar-refractivity contribution in [2.45, 2.75) is 32.7 Å².